The molecule has 0 N–H and O–H groups in total. The van der Waals surface area contributed by atoms with Gasteiger partial charge in [0.25, 0.3) is 0 Å². The van der Waals surface area contributed by atoms with E-state index in [1.165, 1.54) is 6.26 Å². The molecule has 0 fully saturated rings. The van der Waals surface area contributed by atoms with Gasteiger partial charge in [-0.25, -0.2) is 0 Å². The summed E-state index contributed by atoms with van der Waals surface area (Å²) in [4.78, 5) is 11.4. The Morgan fingerprint density at radius 2 is 1.88 bits per heavy atom. The fraction of sp³-hybridized carbons (Fsp3) is 0.308. The molecule has 0 radical (unpaired) electrons. The van der Waals surface area contributed by atoms with E-state index in [1.54, 1.807) is 0 Å². The fourth-order valence-electron chi connectivity index (χ4n) is 1.12. The van der Waals surface area contributed by atoms with Gasteiger partial charge in [0.1, 0.15) is 0 Å². The number of rotatable bonds is 4. The third-order valence-electron chi connectivity index (χ3n) is 1.96. The highest BCUT2D eigenvalue weighted by Gasteiger charge is 2.08. The lowest BCUT2D eigenvalue weighted by Gasteiger charge is -2.07. The van der Waals surface area contributed by atoms with Gasteiger partial charge in [-0.15, -0.1) is 0 Å². The smallest absolute Gasteiger partial charge is 0.315 e. The third-order valence-corrected chi connectivity index (χ3v) is 3.09. The van der Waals surface area contributed by atoms with Crippen LogP contribution in [0.3, 0.4) is 0 Å². The van der Waals surface area contributed by atoms with E-state index in [0.717, 1.165) is 5.56 Å². The second-order valence-corrected chi connectivity index (χ2v) is 9.89. The Bertz CT molecular complexity index is 363. The minimum absolute atomic E-state index is 0.208. The molecule has 2 nitrogen and oxygen atoms in total. The van der Waals surface area contributed by atoms with Crippen molar-refractivity contribution in [3.63, 3.8) is 0 Å². The molecular weight excluding hydrogens is 216 g/mol. The van der Waals surface area contributed by atoms with Gasteiger partial charge in [-0.2, -0.15) is 0 Å². The molecule has 0 aliphatic rings. The maximum absolute atomic E-state index is 11.4. The quantitative estimate of drug-likeness (QED) is 0.454. The van der Waals surface area contributed by atoms with Crippen LogP contribution in [0.5, 0.6) is 0 Å². The molecule has 0 amide bonds. The van der Waals surface area contributed by atoms with E-state index >= 15 is 0 Å². The van der Waals surface area contributed by atoms with Crippen LogP contribution in [0.25, 0.3) is 0 Å². The molecule has 0 saturated carbocycles. The second kappa shape index (κ2) is 5.65. The minimum Gasteiger partial charge on any atom is -0.435 e. The zero-order chi connectivity index (χ0) is 12.0. The first-order chi connectivity index (χ1) is 7.47. The average molecular weight is 234 g/mol. The summed E-state index contributed by atoms with van der Waals surface area (Å²) < 4.78 is 5.04. The molecule has 0 bridgehead atoms. The van der Waals surface area contributed by atoms with Gasteiger partial charge < -0.3 is 4.74 Å². The molecule has 0 atom stereocenters. The number of carbonyl (C=O) groups excluding carboxylic acids is 1. The molecule has 1 aromatic carbocycles. The first-order valence-electron chi connectivity index (χ1n) is 5.38. The number of benzene rings is 1. The Balaban J connectivity index is 2.41. The van der Waals surface area contributed by atoms with Crippen molar-refractivity contribution in [2.24, 2.45) is 0 Å². The van der Waals surface area contributed by atoms with Crippen LogP contribution in [-0.4, -0.2) is 14.0 Å². The number of hydrogen-bond donors (Lipinski definition) is 0. The highest BCUT2D eigenvalue weighted by Crippen LogP contribution is 2.04. The first-order valence-corrected chi connectivity index (χ1v) is 8.96. The van der Waals surface area contributed by atoms with Crippen molar-refractivity contribution in [2.75, 3.05) is 0 Å². The summed E-state index contributed by atoms with van der Waals surface area (Å²) in [7, 11) is -1.27. The van der Waals surface area contributed by atoms with Gasteiger partial charge in [-0.05, 0) is 5.56 Å². The molecule has 0 unspecified atom stereocenters. The third kappa shape index (κ3) is 5.51. The lowest BCUT2D eigenvalue weighted by atomic mass is 10.2. The van der Waals surface area contributed by atoms with E-state index in [1.807, 2.05) is 36.0 Å². The molecule has 86 valence electrons. The Kier molecular flexibility index (Phi) is 4.49. The highest BCUT2D eigenvalue weighted by molar-refractivity contribution is 6.80. The molecule has 0 aliphatic carbocycles. The van der Waals surface area contributed by atoms with Crippen LogP contribution in [0.2, 0.25) is 19.6 Å². The molecule has 0 aromatic heterocycles. The lowest BCUT2D eigenvalue weighted by Crippen LogP contribution is -2.16. The summed E-state index contributed by atoms with van der Waals surface area (Å²) in [6, 6.07) is 9.61. The van der Waals surface area contributed by atoms with Crippen LogP contribution < -0.4 is 0 Å². The number of esters is 1. The standard InChI is InChI=1S/C13H18O2Si/c1-16(2,3)10-9-15-13(14)11-12-7-5-4-6-8-12/h4-10H,11H2,1-3H3/b10-9-. The second-order valence-electron chi connectivity index (χ2n) is 4.82. The predicted octanol–water partition coefficient (Wildman–Crippen LogP) is 3.16. The van der Waals surface area contributed by atoms with E-state index < -0.39 is 8.07 Å². The summed E-state index contributed by atoms with van der Waals surface area (Å²) in [5.74, 6) is -0.208. The van der Waals surface area contributed by atoms with Gasteiger partial charge in [0, 0.05) is 0 Å². The van der Waals surface area contributed by atoms with Gasteiger partial charge in [0.2, 0.25) is 0 Å². The Hall–Kier alpha value is -1.35. The van der Waals surface area contributed by atoms with Gasteiger partial charge in [0.05, 0.1) is 20.8 Å². The van der Waals surface area contributed by atoms with Crippen molar-refractivity contribution in [3.05, 3.63) is 47.9 Å². The maximum Gasteiger partial charge on any atom is 0.315 e. The van der Waals surface area contributed by atoms with Crippen LogP contribution in [0.4, 0.5) is 0 Å². The SMILES string of the molecule is C[Si](C)(C)/C=C\OC(=O)Cc1ccccc1. The highest BCUT2D eigenvalue weighted by atomic mass is 28.3. The molecule has 0 spiro atoms. The lowest BCUT2D eigenvalue weighted by molar-refractivity contribution is -0.137. The van der Waals surface area contributed by atoms with E-state index in [2.05, 4.69) is 19.6 Å². The Morgan fingerprint density at radius 3 is 2.44 bits per heavy atom. The van der Waals surface area contributed by atoms with E-state index in [-0.39, 0.29) is 5.97 Å². The van der Waals surface area contributed by atoms with Crippen LogP contribution in [0.1, 0.15) is 5.56 Å². The van der Waals surface area contributed by atoms with Crippen molar-refractivity contribution < 1.29 is 9.53 Å². The monoisotopic (exact) mass is 234 g/mol. The van der Waals surface area contributed by atoms with Crippen LogP contribution >= 0.6 is 0 Å². The zero-order valence-corrected chi connectivity index (χ0v) is 11.1. The average Bonchev–Trinajstić information content (AvgIpc) is 2.17. The van der Waals surface area contributed by atoms with Crippen molar-refractivity contribution >= 4 is 14.0 Å². The molecule has 0 saturated heterocycles. The molecular formula is C13H18O2Si. The van der Waals surface area contributed by atoms with Gasteiger partial charge in [-0.3, -0.25) is 4.79 Å². The maximum atomic E-state index is 11.4. The van der Waals surface area contributed by atoms with Gasteiger partial charge in [0.15, 0.2) is 0 Å². The Labute approximate surface area is 98.0 Å². The van der Waals surface area contributed by atoms with Crippen LogP contribution in [-0.2, 0) is 16.0 Å². The molecule has 0 heterocycles. The van der Waals surface area contributed by atoms with Gasteiger partial charge >= 0.3 is 5.97 Å². The van der Waals surface area contributed by atoms with E-state index in [0.29, 0.717) is 6.42 Å². The largest absolute Gasteiger partial charge is 0.435 e. The van der Waals surface area contributed by atoms with E-state index in [9.17, 15) is 4.79 Å². The Morgan fingerprint density at radius 1 is 1.25 bits per heavy atom. The normalized spacial score (nSPS) is 11.7. The van der Waals surface area contributed by atoms with Crippen molar-refractivity contribution in [2.45, 2.75) is 26.1 Å². The number of ether oxygens (including phenoxy) is 1. The van der Waals surface area contributed by atoms with Crippen LogP contribution in [0.15, 0.2) is 42.3 Å². The summed E-state index contributed by atoms with van der Waals surface area (Å²) in [6.07, 6.45) is 1.87. The predicted molar refractivity (Wildman–Crippen MR) is 68.7 cm³/mol. The molecule has 0 aliphatic heterocycles. The summed E-state index contributed by atoms with van der Waals surface area (Å²) >= 11 is 0. The topological polar surface area (TPSA) is 26.3 Å². The zero-order valence-electron chi connectivity index (χ0n) is 10.1. The van der Waals surface area contributed by atoms with Crippen molar-refractivity contribution in [3.8, 4) is 0 Å². The van der Waals surface area contributed by atoms with E-state index in [4.69, 9.17) is 4.74 Å². The van der Waals surface area contributed by atoms with Crippen LogP contribution in [0, 0.1) is 0 Å². The minimum atomic E-state index is -1.27. The number of carbonyl (C=O) groups is 1. The summed E-state index contributed by atoms with van der Waals surface area (Å²) in [5.41, 5.74) is 2.99. The molecule has 1 aromatic rings. The van der Waals surface area contributed by atoms with Crippen molar-refractivity contribution in [1.82, 2.24) is 0 Å². The summed E-state index contributed by atoms with van der Waals surface area (Å²) in [5, 5.41) is 0. The molecule has 1 rings (SSSR count). The summed E-state index contributed by atoms with van der Waals surface area (Å²) in [6.45, 7) is 6.57. The first kappa shape index (κ1) is 12.7. The molecule has 16 heavy (non-hydrogen) atoms. The fourth-order valence-corrected chi connectivity index (χ4v) is 1.59. The molecule has 3 heteroatoms. The van der Waals surface area contributed by atoms with Crippen molar-refractivity contribution in [1.29, 1.82) is 0 Å². The number of hydrogen-bond acceptors (Lipinski definition) is 2. The van der Waals surface area contributed by atoms with Gasteiger partial charge in [-0.1, -0.05) is 55.7 Å².